The molecule has 1 aliphatic rings. The van der Waals surface area contributed by atoms with Gasteiger partial charge in [-0.15, -0.1) is 0 Å². The zero-order valence-electron chi connectivity index (χ0n) is 9.58. The monoisotopic (exact) mass is 208 g/mol. The summed E-state index contributed by atoms with van der Waals surface area (Å²) >= 11 is 0. The van der Waals surface area contributed by atoms with Gasteiger partial charge in [-0.05, 0) is 38.5 Å². The van der Waals surface area contributed by atoms with Crippen LogP contribution in [0, 0.1) is 12.8 Å². The van der Waals surface area contributed by atoms with Crippen LogP contribution < -0.4 is 5.73 Å². The summed E-state index contributed by atoms with van der Waals surface area (Å²) in [6.07, 6.45) is 4.74. The molecule has 15 heavy (non-hydrogen) atoms. The van der Waals surface area contributed by atoms with Crippen molar-refractivity contribution in [2.75, 3.05) is 6.54 Å². The van der Waals surface area contributed by atoms with Gasteiger partial charge in [0.25, 0.3) is 0 Å². The van der Waals surface area contributed by atoms with E-state index in [2.05, 4.69) is 22.1 Å². The SMILES string of the molecule is Cc1nc(C2(CN)CCC(C)CC2)n[nH]1. The molecule has 1 aliphatic carbocycles. The average molecular weight is 208 g/mol. The maximum absolute atomic E-state index is 5.93. The Morgan fingerprint density at radius 3 is 2.60 bits per heavy atom. The summed E-state index contributed by atoms with van der Waals surface area (Å²) < 4.78 is 0. The fourth-order valence-electron chi connectivity index (χ4n) is 2.41. The van der Waals surface area contributed by atoms with Gasteiger partial charge >= 0.3 is 0 Å². The van der Waals surface area contributed by atoms with E-state index in [1.807, 2.05) is 6.92 Å². The first-order chi connectivity index (χ1) is 7.16. The molecule has 84 valence electrons. The van der Waals surface area contributed by atoms with E-state index in [0.717, 1.165) is 30.4 Å². The van der Waals surface area contributed by atoms with Gasteiger partial charge in [0.05, 0.1) is 0 Å². The van der Waals surface area contributed by atoms with Crippen molar-refractivity contribution in [3.63, 3.8) is 0 Å². The molecule has 1 saturated carbocycles. The smallest absolute Gasteiger partial charge is 0.158 e. The summed E-state index contributed by atoms with van der Waals surface area (Å²) in [6.45, 7) is 4.91. The Bertz CT molecular complexity index is 323. The third-order valence-corrected chi connectivity index (χ3v) is 3.69. The van der Waals surface area contributed by atoms with Gasteiger partial charge in [0.2, 0.25) is 0 Å². The largest absolute Gasteiger partial charge is 0.329 e. The Balaban J connectivity index is 2.22. The fraction of sp³-hybridized carbons (Fsp3) is 0.818. The van der Waals surface area contributed by atoms with Gasteiger partial charge in [-0.2, -0.15) is 5.10 Å². The minimum absolute atomic E-state index is 0.0390. The van der Waals surface area contributed by atoms with Gasteiger partial charge in [0, 0.05) is 12.0 Å². The molecular formula is C11H20N4. The molecule has 0 bridgehead atoms. The molecular weight excluding hydrogens is 188 g/mol. The molecule has 0 aliphatic heterocycles. The Hall–Kier alpha value is -0.900. The minimum Gasteiger partial charge on any atom is -0.329 e. The maximum atomic E-state index is 5.93. The van der Waals surface area contributed by atoms with Crippen LogP contribution in [0.2, 0.25) is 0 Å². The van der Waals surface area contributed by atoms with Crippen LogP contribution >= 0.6 is 0 Å². The number of nitrogens with one attached hydrogen (secondary N) is 1. The van der Waals surface area contributed by atoms with Crippen molar-refractivity contribution in [1.29, 1.82) is 0 Å². The minimum atomic E-state index is 0.0390. The molecule has 2 rings (SSSR count). The van der Waals surface area contributed by atoms with Crippen LogP contribution in [0.25, 0.3) is 0 Å². The summed E-state index contributed by atoms with van der Waals surface area (Å²) in [5.74, 6) is 2.63. The number of aryl methyl sites for hydroxylation is 1. The third kappa shape index (κ3) is 1.91. The molecule has 0 saturated heterocycles. The number of rotatable bonds is 2. The number of nitrogens with two attached hydrogens (primary N) is 1. The molecule has 1 fully saturated rings. The van der Waals surface area contributed by atoms with Gasteiger partial charge in [0.1, 0.15) is 5.82 Å². The molecule has 0 amide bonds. The Labute approximate surface area is 90.7 Å². The van der Waals surface area contributed by atoms with Crippen molar-refractivity contribution in [2.24, 2.45) is 11.7 Å². The molecule has 0 unspecified atom stereocenters. The lowest BCUT2D eigenvalue weighted by Gasteiger charge is -2.36. The Morgan fingerprint density at radius 1 is 1.47 bits per heavy atom. The topological polar surface area (TPSA) is 67.6 Å². The maximum Gasteiger partial charge on any atom is 0.158 e. The molecule has 1 aromatic heterocycles. The van der Waals surface area contributed by atoms with E-state index >= 15 is 0 Å². The highest BCUT2D eigenvalue weighted by Gasteiger charge is 2.37. The van der Waals surface area contributed by atoms with Crippen LogP contribution in [0.15, 0.2) is 0 Å². The lowest BCUT2D eigenvalue weighted by Crippen LogP contribution is -2.39. The zero-order valence-corrected chi connectivity index (χ0v) is 9.58. The highest BCUT2D eigenvalue weighted by molar-refractivity contribution is 5.10. The van der Waals surface area contributed by atoms with Gasteiger partial charge < -0.3 is 5.73 Å². The summed E-state index contributed by atoms with van der Waals surface area (Å²) in [7, 11) is 0. The van der Waals surface area contributed by atoms with Crippen LogP contribution in [0.5, 0.6) is 0 Å². The van der Waals surface area contributed by atoms with E-state index in [1.54, 1.807) is 0 Å². The summed E-state index contributed by atoms with van der Waals surface area (Å²) in [6, 6.07) is 0. The summed E-state index contributed by atoms with van der Waals surface area (Å²) in [5.41, 5.74) is 5.97. The highest BCUT2D eigenvalue weighted by Crippen LogP contribution is 2.39. The second-order valence-corrected chi connectivity index (χ2v) is 4.91. The van der Waals surface area contributed by atoms with Gasteiger partial charge in [0.15, 0.2) is 5.82 Å². The molecule has 1 aromatic rings. The van der Waals surface area contributed by atoms with E-state index in [0.29, 0.717) is 6.54 Å². The quantitative estimate of drug-likeness (QED) is 0.774. The molecule has 0 atom stereocenters. The van der Waals surface area contributed by atoms with E-state index in [1.165, 1.54) is 12.8 Å². The number of H-pyrrole nitrogens is 1. The first kappa shape index (κ1) is 10.6. The molecule has 0 radical (unpaired) electrons. The zero-order chi connectivity index (χ0) is 10.9. The molecule has 3 N–H and O–H groups in total. The standard InChI is InChI=1S/C11H20N4/c1-8-3-5-11(7-12,6-4-8)10-13-9(2)14-15-10/h8H,3-7,12H2,1-2H3,(H,13,14,15). The molecule has 4 heteroatoms. The van der Waals surface area contributed by atoms with Crippen molar-refractivity contribution >= 4 is 0 Å². The van der Waals surface area contributed by atoms with Crippen molar-refractivity contribution in [2.45, 2.75) is 44.9 Å². The Morgan fingerprint density at radius 2 is 2.13 bits per heavy atom. The number of hydrogen-bond acceptors (Lipinski definition) is 3. The second-order valence-electron chi connectivity index (χ2n) is 4.91. The van der Waals surface area contributed by atoms with Crippen LogP contribution in [0.3, 0.4) is 0 Å². The van der Waals surface area contributed by atoms with Crippen LogP contribution in [0.1, 0.15) is 44.3 Å². The predicted octanol–water partition coefficient (Wildman–Crippen LogP) is 1.52. The molecule has 1 heterocycles. The van der Waals surface area contributed by atoms with E-state index in [-0.39, 0.29) is 5.41 Å². The predicted molar refractivity (Wildman–Crippen MR) is 59.5 cm³/mol. The van der Waals surface area contributed by atoms with Gasteiger partial charge in [-0.3, -0.25) is 5.10 Å². The normalized spacial score (nSPS) is 31.8. The summed E-state index contributed by atoms with van der Waals surface area (Å²) in [4.78, 5) is 4.46. The highest BCUT2D eigenvalue weighted by atomic mass is 15.2. The van der Waals surface area contributed by atoms with Crippen LogP contribution in [0.4, 0.5) is 0 Å². The van der Waals surface area contributed by atoms with Crippen LogP contribution in [-0.2, 0) is 5.41 Å². The second kappa shape index (κ2) is 3.93. The van der Waals surface area contributed by atoms with Gasteiger partial charge in [-0.1, -0.05) is 6.92 Å². The third-order valence-electron chi connectivity index (χ3n) is 3.69. The first-order valence-electron chi connectivity index (χ1n) is 5.76. The molecule has 0 spiro atoms. The fourth-order valence-corrected chi connectivity index (χ4v) is 2.41. The number of nitrogens with zero attached hydrogens (tertiary/aromatic N) is 2. The summed E-state index contributed by atoms with van der Waals surface area (Å²) in [5, 5.41) is 7.21. The number of aromatic amines is 1. The van der Waals surface area contributed by atoms with E-state index in [4.69, 9.17) is 5.73 Å². The first-order valence-corrected chi connectivity index (χ1v) is 5.76. The number of aromatic nitrogens is 3. The lowest BCUT2D eigenvalue weighted by atomic mass is 9.70. The molecule has 4 nitrogen and oxygen atoms in total. The van der Waals surface area contributed by atoms with Crippen molar-refractivity contribution in [1.82, 2.24) is 15.2 Å². The molecule has 0 aromatic carbocycles. The Kier molecular flexibility index (Phi) is 2.78. The average Bonchev–Trinajstić information content (AvgIpc) is 2.67. The van der Waals surface area contributed by atoms with E-state index in [9.17, 15) is 0 Å². The van der Waals surface area contributed by atoms with Crippen LogP contribution in [-0.4, -0.2) is 21.7 Å². The van der Waals surface area contributed by atoms with Crippen molar-refractivity contribution in [3.05, 3.63) is 11.6 Å². The number of hydrogen-bond donors (Lipinski definition) is 2. The lowest BCUT2D eigenvalue weighted by molar-refractivity contribution is 0.237. The van der Waals surface area contributed by atoms with Gasteiger partial charge in [-0.25, -0.2) is 4.98 Å². The van der Waals surface area contributed by atoms with Crippen molar-refractivity contribution < 1.29 is 0 Å². The van der Waals surface area contributed by atoms with Crippen molar-refractivity contribution in [3.8, 4) is 0 Å². The van der Waals surface area contributed by atoms with E-state index < -0.39 is 0 Å².